The summed E-state index contributed by atoms with van der Waals surface area (Å²) in [7, 11) is 0. The van der Waals surface area contributed by atoms with Crippen molar-refractivity contribution < 1.29 is 27.1 Å². The van der Waals surface area contributed by atoms with Crippen molar-refractivity contribution in [2.75, 3.05) is 6.61 Å². The average molecular weight is 649 g/mol. The molecule has 6 rings (SSSR count). The Balaban J connectivity index is 1.36. The molecule has 0 radical (unpaired) electrons. The number of halogens is 3. The van der Waals surface area contributed by atoms with Crippen LogP contribution < -0.4 is 14.9 Å². The maximum atomic E-state index is 13.8. The SMILES string of the molecule is CCOC(=O)C1=C(C)N=c2s/c(=C/c3ccc(Sc4nc(-c5ccccc5)cc(C(F)(F)F)n4)o3)c(=O)n2[C@H]1c1ccccc1. The third-order valence-corrected chi connectivity index (χ3v) is 8.53. The van der Waals surface area contributed by atoms with E-state index in [4.69, 9.17) is 9.15 Å². The zero-order chi connectivity index (χ0) is 31.7. The number of furan rings is 1. The molecule has 0 aliphatic carbocycles. The highest BCUT2D eigenvalue weighted by molar-refractivity contribution is 7.99. The minimum absolute atomic E-state index is 0.124. The van der Waals surface area contributed by atoms with Crippen LogP contribution in [0.25, 0.3) is 17.3 Å². The number of rotatable bonds is 7. The molecule has 0 bridgehead atoms. The number of thiazole rings is 1. The van der Waals surface area contributed by atoms with E-state index in [9.17, 15) is 22.8 Å². The highest BCUT2D eigenvalue weighted by Gasteiger charge is 2.35. The molecule has 1 atom stereocenters. The van der Waals surface area contributed by atoms with Gasteiger partial charge >= 0.3 is 12.1 Å². The van der Waals surface area contributed by atoms with E-state index in [-0.39, 0.29) is 39.4 Å². The summed E-state index contributed by atoms with van der Waals surface area (Å²) >= 11 is 1.96. The lowest BCUT2D eigenvalue weighted by molar-refractivity contribution is -0.141. The summed E-state index contributed by atoms with van der Waals surface area (Å²) in [5.41, 5.74) is 0.614. The number of alkyl halides is 3. The molecule has 0 saturated heterocycles. The van der Waals surface area contributed by atoms with Gasteiger partial charge in [-0.25, -0.2) is 19.8 Å². The topological polar surface area (TPSA) is 99.6 Å². The standard InChI is InChI=1S/C32H23F3N4O4S2/c1-3-42-29(41)26-18(2)36-31-39(27(26)20-12-8-5-9-13-20)28(40)23(44-31)16-21-14-15-25(43-21)45-30-37-22(19-10-6-4-7-11-19)17-24(38-30)32(33,34)35/h4-17,27H,3H2,1-2H3/b23-16+/t27-/m0/s1. The Morgan fingerprint density at radius 1 is 1.07 bits per heavy atom. The molecule has 0 N–H and O–H groups in total. The maximum absolute atomic E-state index is 13.8. The van der Waals surface area contributed by atoms with E-state index in [2.05, 4.69) is 15.0 Å². The zero-order valence-electron chi connectivity index (χ0n) is 23.7. The third-order valence-electron chi connectivity index (χ3n) is 6.77. The smallest absolute Gasteiger partial charge is 0.433 e. The molecule has 1 aliphatic rings. The molecule has 228 valence electrons. The first-order chi connectivity index (χ1) is 21.6. The van der Waals surface area contributed by atoms with Crippen LogP contribution >= 0.6 is 23.1 Å². The van der Waals surface area contributed by atoms with Crippen LogP contribution in [0.1, 0.15) is 36.9 Å². The molecular formula is C32H23F3N4O4S2. The van der Waals surface area contributed by atoms with E-state index >= 15 is 0 Å². The first kappa shape index (κ1) is 30.3. The van der Waals surface area contributed by atoms with Gasteiger partial charge in [-0.05, 0) is 49.4 Å². The van der Waals surface area contributed by atoms with Gasteiger partial charge in [0.2, 0.25) is 0 Å². The fourth-order valence-electron chi connectivity index (χ4n) is 4.80. The molecule has 0 saturated carbocycles. The number of esters is 1. The fourth-order valence-corrected chi connectivity index (χ4v) is 6.57. The molecule has 45 heavy (non-hydrogen) atoms. The van der Waals surface area contributed by atoms with Crippen molar-refractivity contribution in [2.45, 2.75) is 36.3 Å². The monoisotopic (exact) mass is 648 g/mol. The van der Waals surface area contributed by atoms with Gasteiger partial charge in [0.25, 0.3) is 5.56 Å². The van der Waals surface area contributed by atoms with Gasteiger partial charge < -0.3 is 9.15 Å². The zero-order valence-corrected chi connectivity index (χ0v) is 25.4. The lowest BCUT2D eigenvalue weighted by Gasteiger charge is -2.24. The number of hydrogen-bond acceptors (Lipinski definition) is 9. The summed E-state index contributed by atoms with van der Waals surface area (Å²) in [5.74, 6) is -0.266. The lowest BCUT2D eigenvalue weighted by Crippen LogP contribution is -2.39. The molecule has 5 aromatic rings. The van der Waals surface area contributed by atoms with Crippen LogP contribution in [0.15, 0.2) is 115 Å². The number of nitrogens with zero attached hydrogens (tertiary/aromatic N) is 4. The van der Waals surface area contributed by atoms with Gasteiger partial charge in [0, 0.05) is 11.6 Å². The molecule has 0 spiro atoms. The van der Waals surface area contributed by atoms with Crippen molar-refractivity contribution in [2.24, 2.45) is 4.99 Å². The molecule has 8 nitrogen and oxygen atoms in total. The maximum Gasteiger partial charge on any atom is 0.433 e. The Morgan fingerprint density at radius 3 is 2.47 bits per heavy atom. The van der Waals surface area contributed by atoms with E-state index in [0.29, 0.717) is 20.6 Å². The third kappa shape index (κ3) is 6.26. The first-order valence-corrected chi connectivity index (χ1v) is 15.3. The summed E-state index contributed by atoms with van der Waals surface area (Å²) < 4.78 is 53.9. The van der Waals surface area contributed by atoms with Crippen molar-refractivity contribution in [1.29, 1.82) is 0 Å². The van der Waals surface area contributed by atoms with E-state index < -0.39 is 23.9 Å². The Labute approximate surface area is 262 Å². The van der Waals surface area contributed by atoms with E-state index in [1.165, 1.54) is 10.6 Å². The van der Waals surface area contributed by atoms with Crippen LogP contribution in [-0.4, -0.2) is 27.1 Å². The van der Waals surface area contributed by atoms with Crippen molar-refractivity contribution in [3.8, 4) is 11.3 Å². The van der Waals surface area contributed by atoms with Crippen molar-refractivity contribution in [3.63, 3.8) is 0 Å². The van der Waals surface area contributed by atoms with Gasteiger partial charge in [-0.2, -0.15) is 13.2 Å². The van der Waals surface area contributed by atoms with Gasteiger partial charge in [0.05, 0.1) is 34.1 Å². The summed E-state index contributed by atoms with van der Waals surface area (Å²) in [4.78, 5) is 39.7. The number of fused-ring (bicyclic) bond motifs is 1. The van der Waals surface area contributed by atoms with E-state index in [0.717, 1.165) is 34.7 Å². The van der Waals surface area contributed by atoms with E-state index in [1.54, 1.807) is 56.3 Å². The molecule has 0 unspecified atom stereocenters. The summed E-state index contributed by atoms with van der Waals surface area (Å²) in [6.07, 6.45) is -3.14. The van der Waals surface area contributed by atoms with Crippen LogP contribution in [0.3, 0.4) is 0 Å². The number of aromatic nitrogens is 3. The van der Waals surface area contributed by atoms with Gasteiger partial charge in [-0.1, -0.05) is 72.0 Å². The van der Waals surface area contributed by atoms with Crippen LogP contribution in [0, 0.1) is 0 Å². The Hall–Kier alpha value is -4.75. The molecule has 0 fully saturated rings. The highest BCUT2D eigenvalue weighted by atomic mass is 32.2. The van der Waals surface area contributed by atoms with Crippen molar-refractivity contribution in [1.82, 2.24) is 14.5 Å². The average Bonchev–Trinajstić information content (AvgIpc) is 3.59. The molecule has 4 heterocycles. The lowest BCUT2D eigenvalue weighted by atomic mass is 9.96. The van der Waals surface area contributed by atoms with E-state index in [1.807, 2.05) is 30.3 Å². The first-order valence-electron chi connectivity index (χ1n) is 13.7. The predicted molar refractivity (Wildman–Crippen MR) is 162 cm³/mol. The van der Waals surface area contributed by atoms with Gasteiger partial charge in [0.1, 0.15) is 11.5 Å². The Bertz CT molecular complexity index is 2100. The summed E-state index contributed by atoms with van der Waals surface area (Å²) in [6.45, 7) is 3.58. The summed E-state index contributed by atoms with van der Waals surface area (Å²) in [6, 6.07) is 21.0. The number of carbonyl (C=O) groups excluding carboxylic acids is 1. The van der Waals surface area contributed by atoms with Crippen LogP contribution in [0.5, 0.6) is 0 Å². The van der Waals surface area contributed by atoms with Crippen molar-refractivity contribution >= 4 is 35.1 Å². The number of allylic oxidation sites excluding steroid dienone is 1. The second-order valence-electron chi connectivity index (χ2n) is 9.76. The largest absolute Gasteiger partial charge is 0.463 e. The minimum atomic E-state index is -4.67. The van der Waals surface area contributed by atoms with Crippen LogP contribution in [0.2, 0.25) is 0 Å². The number of carbonyl (C=O) groups is 1. The molecular weight excluding hydrogens is 626 g/mol. The van der Waals surface area contributed by atoms with Gasteiger partial charge in [-0.3, -0.25) is 9.36 Å². The highest BCUT2D eigenvalue weighted by Crippen LogP contribution is 2.35. The summed E-state index contributed by atoms with van der Waals surface area (Å²) in [5, 5.41) is 0.0868. The minimum Gasteiger partial charge on any atom is -0.463 e. The second kappa shape index (κ2) is 12.3. The number of hydrogen-bond donors (Lipinski definition) is 0. The van der Waals surface area contributed by atoms with Crippen LogP contribution in [-0.2, 0) is 15.7 Å². The Kier molecular flexibility index (Phi) is 8.30. The molecule has 2 aromatic carbocycles. The predicted octanol–water partition coefficient (Wildman–Crippen LogP) is 6.02. The molecule has 13 heteroatoms. The van der Waals surface area contributed by atoms with Gasteiger partial charge in [-0.15, -0.1) is 0 Å². The number of benzene rings is 2. The Morgan fingerprint density at radius 2 is 1.78 bits per heavy atom. The fraction of sp³-hybridized carbons (Fsp3) is 0.156. The molecule has 3 aromatic heterocycles. The van der Waals surface area contributed by atoms with Crippen LogP contribution in [0.4, 0.5) is 13.2 Å². The van der Waals surface area contributed by atoms with Crippen molar-refractivity contribution in [3.05, 3.63) is 127 Å². The van der Waals surface area contributed by atoms with Gasteiger partial charge in [0.15, 0.2) is 15.1 Å². The second-order valence-corrected chi connectivity index (χ2v) is 11.7. The normalized spacial score (nSPS) is 15.1. The molecule has 0 amide bonds. The number of ether oxygens (including phenoxy) is 1. The molecule has 1 aliphatic heterocycles. The quantitative estimate of drug-likeness (QED) is 0.157.